The smallest absolute Gasteiger partial charge is 0.317 e. The maximum absolute atomic E-state index is 12.0. The SMILES string of the molecule is CC(=O)C(CN(CCN(CC(=O)O)CC(=O)O)CC(=O)O)N(CC(=O)O)CC(=O)O. The molecule has 5 N–H and O–H groups in total. The fraction of sp³-hybridized carbons (Fsp3) is 0.625. The van der Waals surface area contributed by atoms with E-state index in [0.29, 0.717) is 0 Å². The molecule has 1 unspecified atom stereocenters. The molecule has 0 aliphatic heterocycles. The van der Waals surface area contributed by atoms with Crippen LogP contribution in [0.3, 0.4) is 0 Å². The number of nitrogens with zero attached hydrogens (tertiary/aromatic N) is 3. The van der Waals surface area contributed by atoms with Crippen LogP contribution in [-0.2, 0) is 28.8 Å². The van der Waals surface area contributed by atoms with Crippen LogP contribution in [0.1, 0.15) is 6.92 Å². The lowest BCUT2D eigenvalue weighted by molar-refractivity contribution is -0.145. The molecule has 14 nitrogen and oxygen atoms in total. The van der Waals surface area contributed by atoms with E-state index in [9.17, 15) is 28.8 Å². The number of Topliss-reactive ketones (excluding diaryl/α,β-unsaturated/α-hetero) is 1. The molecule has 0 aliphatic rings. The first-order chi connectivity index (χ1) is 13.8. The Bertz CT molecular complexity index is 635. The van der Waals surface area contributed by atoms with Gasteiger partial charge in [-0.1, -0.05) is 0 Å². The van der Waals surface area contributed by atoms with Crippen molar-refractivity contribution < 1.29 is 54.3 Å². The molecule has 14 heteroatoms. The molecule has 0 fully saturated rings. The van der Waals surface area contributed by atoms with Crippen LogP contribution in [0.2, 0.25) is 0 Å². The van der Waals surface area contributed by atoms with Gasteiger partial charge in [0.1, 0.15) is 5.78 Å². The minimum Gasteiger partial charge on any atom is -0.480 e. The van der Waals surface area contributed by atoms with Crippen molar-refractivity contribution in [3.63, 3.8) is 0 Å². The van der Waals surface area contributed by atoms with Crippen LogP contribution in [0.25, 0.3) is 0 Å². The Labute approximate surface area is 170 Å². The van der Waals surface area contributed by atoms with E-state index in [1.54, 1.807) is 0 Å². The van der Waals surface area contributed by atoms with Crippen molar-refractivity contribution in [2.75, 3.05) is 52.4 Å². The van der Waals surface area contributed by atoms with Crippen molar-refractivity contribution in [1.82, 2.24) is 14.7 Å². The molecule has 0 saturated heterocycles. The highest BCUT2D eigenvalue weighted by atomic mass is 16.4. The van der Waals surface area contributed by atoms with Crippen molar-refractivity contribution >= 4 is 35.6 Å². The molecule has 0 aliphatic carbocycles. The number of hydrogen-bond acceptors (Lipinski definition) is 9. The van der Waals surface area contributed by atoms with Gasteiger partial charge in [0, 0.05) is 19.6 Å². The standard InChI is InChI=1S/C16H25N3O11/c1-10(20)11(19(8-15(27)28)9-16(29)30)4-17(5-12(21)22)2-3-18(6-13(23)24)7-14(25)26/h11H,2-9H2,1H3,(H,21,22)(H,23,24)(H,25,26)(H,27,28)(H,29,30). The molecule has 0 radical (unpaired) electrons. The number of carboxylic acid groups (broad SMARTS) is 5. The van der Waals surface area contributed by atoms with Crippen LogP contribution in [0.4, 0.5) is 0 Å². The summed E-state index contributed by atoms with van der Waals surface area (Å²) >= 11 is 0. The average Bonchev–Trinajstić information content (AvgIpc) is 2.53. The Hall–Kier alpha value is -3.10. The van der Waals surface area contributed by atoms with E-state index in [0.717, 1.165) is 16.7 Å². The summed E-state index contributed by atoms with van der Waals surface area (Å²) in [6, 6.07) is -1.26. The second kappa shape index (κ2) is 13.2. The highest BCUT2D eigenvalue weighted by Crippen LogP contribution is 2.06. The van der Waals surface area contributed by atoms with E-state index < -0.39 is 74.4 Å². The summed E-state index contributed by atoms with van der Waals surface area (Å²) in [5, 5.41) is 44.8. The van der Waals surface area contributed by atoms with Crippen LogP contribution >= 0.6 is 0 Å². The summed E-state index contributed by atoms with van der Waals surface area (Å²) < 4.78 is 0. The molecular formula is C16H25N3O11. The van der Waals surface area contributed by atoms with Crippen molar-refractivity contribution in [3.8, 4) is 0 Å². The van der Waals surface area contributed by atoms with Crippen LogP contribution in [-0.4, -0.2) is 134 Å². The van der Waals surface area contributed by atoms with Gasteiger partial charge < -0.3 is 25.5 Å². The fourth-order valence-corrected chi connectivity index (χ4v) is 2.68. The van der Waals surface area contributed by atoms with E-state index in [-0.39, 0.29) is 19.6 Å². The van der Waals surface area contributed by atoms with Crippen LogP contribution in [0.15, 0.2) is 0 Å². The predicted molar refractivity (Wildman–Crippen MR) is 97.1 cm³/mol. The van der Waals surface area contributed by atoms with Gasteiger partial charge in [0.15, 0.2) is 0 Å². The zero-order valence-corrected chi connectivity index (χ0v) is 16.3. The van der Waals surface area contributed by atoms with Gasteiger partial charge in [-0.05, 0) is 6.92 Å². The molecule has 0 rings (SSSR count). The van der Waals surface area contributed by atoms with Crippen molar-refractivity contribution in [2.24, 2.45) is 0 Å². The van der Waals surface area contributed by atoms with Gasteiger partial charge in [-0.3, -0.25) is 43.5 Å². The highest BCUT2D eigenvalue weighted by Gasteiger charge is 2.29. The van der Waals surface area contributed by atoms with Crippen molar-refractivity contribution in [3.05, 3.63) is 0 Å². The van der Waals surface area contributed by atoms with Crippen molar-refractivity contribution in [1.29, 1.82) is 0 Å². The Morgan fingerprint density at radius 1 is 0.600 bits per heavy atom. The molecule has 30 heavy (non-hydrogen) atoms. The number of aliphatic carboxylic acids is 5. The molecule has 0 aromatic rings. The Morgan fingerprint density at radius 2 is 0.933 bits per heavy atom. The van der Waals surface area contributed by atoms with E-state index in [1.807, 2.05) is 0 Å². The molecule has 0 saturated carbocycles. The van der Waals surface area contributed by atoms with Gasteiger partial charge in [0.2, 0.25) is 0 Å². The topological polar surface area (TPSA) is 213 Å². The summed E-state index contributed by atoms with van der Waals surface area (Å²) in [7, 11) is 0. The number of ketones is 1. The Kier molecular flexibility index (Phi) is 11.8. The van der Waals surface area contributed by atoms with Crippen LogP contribution < -0.4 is 0 Å². The van der Waals surface area contributed by atoms with Gasteiger partial charge in [-0.2, -0.15) is 0 Å². The Morgan fingerprint density at radius 3 is 1.27 bits per heavy atom. The first kappa shape index (κ1) is 26.9. The summed E-state index contributed by atoms with van der Waals surface area (Å²) in [5.41, 5.74) is 0. The molecule has 1 atom stereocenters. The molecule has 170 valence electrons. The third kappa shape index (κ3) is 12.4. The maximum atomic E-state index is 12.0. The van der Waals surface area contributed by atoms with Gasteiger partial charge in [0.05, 0.1) is 38.8 Å². The first-order valence-electron chi connectivity index (χ1n) is 8.60. The zero-order chi connectivity index (χ0) is 23.4. The first-order valence-corrected chi connectivity index (χ1v) is 8.60. The predicted octanol–water partition coefficient (Wildman–Crippen LogP) is -2.73. The lowest BCUT2D eigenvalue weighted by atomic mass is 10.1. The van der Waals surface area contributed by atoms with Gasteiger partial charge in [0.25, 0.3) is 0 Å². The van der Waals surface area contributed by atoms with Crippen LogP contribution in [0, 0.1) is 0 Å². The molecule has 0 aromatic carbocycles. The highest BCUT2D eigenvalue weighted by molar-refractivity contribution is 5.83. The fourth-order valence-electron chi connectivity index (χ4n) is 2.68. The van der Waals surface area contributed by atoms with Gasteiger partial charge in [-0.15, -0.1) is 0 Å². The molecule has 0 spiro atoms. The monoisotopic (exact) mass is 435 g/mol. The number of carbonyl (C=O) groups excluding carboxylic acids is 1. The lowest BCUT2D eigenvalue weighted by Crippen LogP contribution is -2.53. The van der Waals surface area contributed by atoms with E-state index in [2.05, 4.69) is 0 Å². The molecule has 0 amide bonds. The Balaban J connectivity index is 5.47. The summed E-state index contributed by atoms with van der Waals surface area (Å²) in [6.45, 7) is -2.99. The second-order valence-corrected chi connectivity index (χ2v) is 6.45. The molecule has 0 bridgehead atoms. The third-order valence-corrected chi connectivity index (χ3v) is 3.83. The number of rotatable bonds is 17. The number of carbonyl (C=O) groups is 6. The third-order valence-electron chi connectivity index (χ3n) is 3.83. The lowest BCUT2D eigenvalue weighted by Gasteiger charge is -2.32. The largest absolute Gasteiger partial charge is 0.480 e. The molecule has 0 aromatic heterocycles. The zero-order valence-electron chi connectivity index (χ0n) is 16.3. The quantitative estimate of drug-likeness (QED) is 0.157. The van der Waals surface area contributed by atoms with Crippen molar-refractivity contribution in [2.45, 2.75) is 13.0 Å². The minimum atomic E-state index is -1.39. The molecule has 0 heterocycles. The van der Waals surface area contributed by atoms with E-state index in [4.69, 9.17) is 25.5 Å². The summed E-state index contributed by atoms with van der Waals surface area (Å²) in [5.74, 6) is -7.26. The normalized spacial score (nSPS) is 12.1. The van der Waals surface area contributed by atoms with E-state index >= 15 is 0 Å². The molecular weight excluding hydrogens is 410 g/mol. The number of carboxylic acids is 5. The maximum Gasteiger partial charge on any atom is 0.317 e. The summed E-state index contributed by atoms with van der Waals surface area (Å²) in [6.07, 6.45) is 0. The van der Waals surface area contributed by atoms with E-state index in [1.165, 1.54) is 4.90 Å². The minimum absolute atomic E-state index is 0.162. The average molecular weight is 435 g/mol. The van der Waals surface area contributed by atoms with Gasteiger partial charge >= 0.3 is 29.8 Å². The second-order valence-electron chi connectivity index (χ2n) is 6.45. The van der Waals surface area contributed by atoms with Gasteiger partial charge in [-0.25, -0.2) is 0 Å². The van der Waals surface area contributed by atoms with Crippen LogP contribution in [0.5, 0.6) is 0 Å². The number of hydrogen-bond donors (Lipinski definition) is 5. The summed E-state index contributed by atoms with van der Waals surface area (Å²) in [4.78, 5) is 70.1.